The van der Waals surface area contributed by atoms with E-state index in [-0.39, 0.29) is 0 Å². The number of carboxylic acids is 1. The van der Waals surface area contributed by atoms with E-state index in [4.69, 9.17) is 4.74 Å². The van der Waals surface area contributed by atoms with Gasteiger partial charge in [0.15, 0.2) is 5.78 Å². The van der Waals surface area contributed by atoms with Crippen molar-refractivity contribution in [1.82, 2.24) is 0 Å². The van der Waals surface area contributed by atoms with E-state index in [1.54, 1.807) is 24.3 Å². The Kier molecular flexibility index (Phi) is 10.6. The van der Waals surface area contributed by atoms with E-state index in [1.807, 2.05) is 0 Å². The summed E-state index contributed by atoms with van der Waals surface area (Å²) in [5, 5.41) is 19.7. The predicted octanol–water partition coefficient (Wildman–Crippen LogP) is 2.89. The molecule has 0 aromatic heterocycles. The van der Waals surface area contributed by atoms with Gasteiger partial charge in [0.2, 0.25) is 0 Å². The van der Waals surface area contributed by atoms with Crippen LogP contribution in [-0.2, 0) is 4.79 Å². The number of aliphatic hydroxyl groups is 1. The van der Waals surface area contributed by atoms with Gasteiger partial charge in [0.05, 0.1) is 12.6 Å². The molecule has 1 aromatic carbocycles. The van der Waals surface area contributed by atoms with E-state index >= 15 is 0 Å². The lowest BCUT2D eigenvalue weighted by molar-refractivity contribution is -0.314. The minimum absolute atomic E-state index is 0.328. The Labute approximate surface area is 150 Å². The van der Waals surface area contributed by atoms with Crippen molar-refractivity contribution in [3.63, 3.8) is 0 Å². The maximum Gasteiger partial charge on any atom is 0.165 e. The minimum atomic E-state index is -1.78. The van der Waals surface area contributed by atoms with Crippen molar-refractivity contribution in [1.29, 1.82) is 0 Å². The Morgan fingerprint density at radius 1 is 1.08 bits per heavy atom. The summed E-state index contributed by atoms with van der Waals surface area (Å²) >= 11 is 0. The van der Waals surface area contributed by atoms with Crippen LogP contribution in [0.1, 0.15) is 75.1 Å². The van der Waals surface area contributed by atoms with Crippen LogP contribution >= 0.6 is 0 Å². The molecule has 140 valence electrons. The van der Waals surface area contributed by atoms with Crippen LogP contribution in [0, 0.1) is 0 Å². The van der Waals surface area contributed by atoms with E-state index in [0.717, 1.165) is 12.8 Å². The summed E-state index contributed by atoms with van der Waals surface area (Å²) in [6.45, 7) is 2.81. The fourth-order valence-corrected chi connectivity index (χ4v) is 2.56. The molecule has 0 amide bonds. The van der Waals surface area contributed by atoms with Crippen molar-refractivity contribution in [2.24, 2.45) is 0 Å². The van der Waals surface area contributed by atoms with E-state index in [9.17, 15) is 19.8 Å². The molecule has 0 saturated heterocycles. The van der Waals surface area contributed by atoms with Crippen molar-refractivity contribution < 1.29 is 24.5 Å². The van der Waals surface area contributed by atoms with Gasteiger partial charge in [-0.3, -0.25) is 4.79 Å². The van der Waals surface area contributed by atoms with Crippen LogP contribution in [0.3, 0.4) is 0 Å². The maximum atomic E-state index is 11.9. The van der Waals surface area contributed by atoms with Crippen molar-refractivity contribution in [3.05, 3.63) is 29.8 Å². The van der Waals surface area contributed by atoms with Crippen LogP contribution in [0.2, 0.25) is 0 Å². The topological polar surface area (TPSA) is 86.7 Å². The van der Waals surface area contributed by atoms with Crippen LogP contribution in [0.15, 0.2) is 24.3 Å². The summed E-state index contributed by atoms with van der Waals surface area (Å²) in [6, 6.07) is 6.60. The number of aliphatic carboxylic acids is 1. The van der Waals surface area contributed by atoms with Crippen molar-refractivity contribution in [2.45, 2.75) is 70.8 Å². The lowest BCUT2D eigenvalue weighted by Gasteiger charge is -2.11. The molecule has 0 bridgehead atoms. The van der Waals surface area contributed by atoms with Gasteiger partial charge in [0.1, 0.15) is 11.9 Å². The highest BCUT2D eigenvalue weighted by molar-refractivity contribution is 5.98. The molecule has 0 radical (unpaired) electrons. The quantitative estimate of drug-likeness (QED) is 0.412. The monoisotopic (exact) mass is 349 g/mol. The number of benzene rings is 1. The predicted molar refractivity (Wildman–Crippen MR) is 94.5 cm³/mol. The van der Waals surface area contributed by atoms with Crippen LogP contribution in [0.4, 0.5) is 0 Å². The molecule has 0 aliphatic rings. The average Bonchev–Trinajstić information content (AvgIpc) is 2.60. The number of aliphatic hydroxyl groups excluding tert-OH is 1. The Hall–Kier alpha value is -1.88. The lowest BCUT2D eigenvalue weighted by atomic mass is 10.1. The van der Waals surface area contributed by atoms with Crippen molar-refractivity contribution >= 4 is 11.8 Å². The molecule has 1 aromatic rings. The summed E-state index contributed by atoms with van der Waals surface area (Å²) in [5.41, 5.74) is 0.328. The van der Waals surface area contributed by atoms with E-state index < -0.39 is 24.3 Å². The van der Waals surface area contributed by atoms with Gasteiger partial charge in [0.25, 0.3) is 0 Å². The number of ketones is 1. The molecule has 5 heteroatoms. The first-order valence-electron chi connectivity index (χ1n) is 9.19. The highest BCUT2D eigenvalue weighted by Crippen LogP contribution is 2.16. The van der Waals surface area contributed by atoms with E-state index in [2.05, 4.69) is 6.92 Å². The van der Waals surface area contributed by atoms with Crippen molar-refractivity contribution in [2.75, 3.05) is 6.61 Å². The third-order valence-electron chi connectivity index (χ3n) is 4.07. The smallest absolute Gasteiger partial charge is 0.165 e. The summed E-state index contributed by atoms with van der Waals surface area (Å²) in [6.07, 6.45) is 7.50. The second kappa shape index (κ2) is 12.5. The number of hydrogen-bond acceptors (Lipinski definition) is 5. The zero-order valence-electron chi connectivity index (χ0n) is 15.0. The van der Waals surface area contributed by atoms with Crippen LogP contribution in [0.5, 0.6) is 5.75 Å². The molecule has 0 fully saturated rings. The molecule has 1 rings (SSSR count). The molecule has 0 aliphatic heterocycles. The summed E-state index contributed by atoms with van der Waals surface area (Å²) in [4.78, 5) is 22.4. The lowest BCUT2D eigenvalue weighted by Crippen LogP contribution is -2.36. The van der Waals surface area contributed by atoms with Gasteiger partial charge >= 0.3 is 0 Å². The number of Topliss-reactive ketones (excluding diaryl/α,β-unsaturated/α-hetero) is 1. The third kappa shape index (κ3) is 9.25. The highest BCUT2D eigenvalue weighted by atomic mass is 16.5. The molecule has 25 heavy (non-hydrogen) atoms. The molecule has 0 aliphatic carbocycles. The van der Waals surface area contributed by atoms with E-state index in [0.29, 0.717) is 17.9 Å². The molecule has 0 saturated carbocycles. The summed E-state index contributed by atoms with van der Waals surface area (Å²) < 4.78 is 5.65. The van der Waals surface area contributed by atoms with Gasteiger partial charge in [-0.15, -0.1) is 0 Å². The number of unbranched alkanes of at least 4 members (excludes halogenated alkanes) is 7. The molecule has 0 heterocycles. The van der Waals surface area contributed by atoms with E-state index in [1.165, 1.54) is 38.5 Å². The molecule has 1 atom stereocenters. The van der Waals surface area contributed by atoms with Gasteiger partial charge in [-0.2, -0.15) is 0 Å². The van der Waals surface area contributed by atoms with Crippen LogP contribution in [-0.4, -0.2) is 29.6 Å². The fraction of sp³-hybridized carbons (Fsp3) is 0.600. The number of carbonyl (C=O) groups is 2. The second-order valence-electron chi connectivity index (χ2n) is 6.31. The Balaban J connectivity index is 2.26. The maximum absolute atomic E-state index is 11.9. The molecule has 1 N–H and O–H groups in total. The average molecular weight is 349 g/mol. The Morgan fingerprint density at radius 3 is 2.36 bits per heavy atom. The first-order chi connectivity index (χ1) is 12.0. The SMILES string of the molecule is CCCCCCCCCCOc1cccc(C(=O)CC(O)C(=O)[O-])c1. The highest BCUT2D eigenvalue weighted by Gasteiger charge is 2.14. The van der Waals surface area contributed by atoms with Crippen molar-refractivity contribution in [3.8, 4) is 5.75 Å². The number of carbonyl (C=O) groups excluding carboxylic acids is 2. The number of rotatable bonds is 14. The number of ether oxygens (including phenoxy) is 1. The Morgan fingerprint density at radius 2 is 1.72 bits per heavy atom. The largest absolute Gasteiger partial charge is 0.547 e. The molecule has 1 unspecified atom stereocenters. The fourth-order valence-electron chi connectivity index (χ4n) is 2.56. The van der Waals surface area contributed by atoms with Crippen LogP contribution in [0.25, 0.3) is 0 Å². The zero-order valence-corrected chi connectivity index (χ0v) is 15.0. The molecular formula is C20H29O5-. The Bertz CT molecular complexity index is 527. The standard InChI is InChI=1S/C20H30O5/c1-2-3-4-5-6-7-8-9-13-25-17-12-10-11-16(14-17)18(21)15-19(22)20(23)24/h10-12,14,19,22H,2-9,13,15H2,1H3,(H,23,24)/p-1. The van der Waals surface area contributed by atoms with Gasteiger partial charge in [-0.05, 0) is 18.6 Å². The molecule has 5 nitrogen and oxygen atoms in total. The molecule has 0 spiro atoms. The normalized spacial score (nSPS) is 11.9. The zero-order chi connectivity index (χ0) is 18.5. The van der Waals surface area contributed by atoms with Gasteiger partial charge in [0, 0.05) is 12.0 Å². The second-order valence-corrected chi connectivity index (χ2v) is 6.31. The first kappa shape index (κ1) is 21.2. The van der Waals surface area contributed by atoms with Gasteiger partial charge < -0.3 is 19.7 Å². The first-order valence-corrected chi connectivity index (χ1v) is 9.19. The minimum Gasteiger partial charge on any atom is -0.547 e. The number of carboxylic acid groups (broad SMARTS) is 1. The van der Waals surface area contributed by atoms with Gasteiger partial charge in [-0.25, -0.2) is 0 Å². The molecular weight excluding hydrogens is 320 g/mol. The third-order valence-corrected chi connectivity index (χ3v) is 4.07. The van der Waals surface area contributed by atoms with Crippen LogP contribution < -0.4 is 9.84 Å². The summed E-state index contributed by atoms with van der Waals surface area (Å²) in [7, 11) is 0. The summed E-state index contributed by atoms with van der Waals surface area (Å²) in [5.74, 6) is -1.51. The van der Waals surface area contributed by atoms with Gasteiger partial charge in [-0.1, -0.05) is 64.0 Å². The number of hydrogen-bond donors (Lipinski definition) is 1.